The normalized spacial score (nSPS) is 20.0. The number of nitrogens with zero attached hydrogens (tertiary/aromatic N) is 2. The zero-order valence-electron chi connectivity index (χ0n) is 21.8. The Balaban J connectivity index is 1.21. The fourth-order valence-electron chi connectivity index (χ4n) is 5.66. The number of ether oxygens (including phenoxy) is 1. The Bertz CT molecular complexity index is 1630. The van der Waals surface area contributed by atoms with Gasteiger partial charge in [-0.3, -0.25) is 4.79 Å². The predicted molar refractivity (Wildman–Crippen MR) is 140 cm³/mol. The molecule has 6 rings (SSSR count). The van der Waals surface area contributed by atoms with E-state index >= 15 is 4.39 Å². The number of nitrogens with one attached hydrogen (secondary N) is 1. The predicted octanol–water partition coefficient (Wildman–Crippen LogP) is 6.86. The molecule has 4 aromatic rings. The molecule has 0 radical (unpaired) electrons. The van der Waals surface area contributed by atoms with Gasteiger partial charge in [-0.1, -0.05) is 35.5 Å². The summed E-state index contributed by atoms with van der Waals surface area (Å²) in [6.45, 7) is 1.65. The summed E-state index contributed by atoms with van der Waals surface area (Å²) in [6.07, 6.45) is -1.88. The van der Waals surface area contributed by atoms with Crippen molar-refractivity contribution in [3.63, 3.8) is 0 Å². The van der Waals surface area contributed by atoms with Crippen molar-refractivity contribution in [3.05, 3.63) is 77.1 Å². The van der Waals surface area contributed by atoms with Crippen LogP contribution in [0, 0.1) is 18.7 Å². The number of aromatic nitrogens is 2. The van der Waals surface area contributed by atoms with Crippen molar-refractivity contribution in [2.45, 2.75) is 51.1 Å². The molecule has 2 aliphatic rings. The number of hydrogen-bond donors (Lipinski definition) is 2. The van der Waals surface area contributed by atoms with Gasteiger partial charge in [-0.2, -0.15) is 4.98 Å². The van der Waals surface area contributed by atoms with Crippen LogP contribution in [0.3, 0.4) is 0 Å². The van der Waals surface area contributed by atoms with Crippen LogP contribution >= 0.6 is 0 Å². The van der Waals surface area contributed by atoms with Gasteiger partial charge in [0.05, 0.1) is 11.5 Å². The number of benzene rings is 3. The summed E-state index contributed by atoms with van der Waals surface area (Å²) in [6, 6.07) is 14.4. The van der Waals surface area contributed by atoms with Crippen molar-refractivity contribution < 1.29 is 36.7 Å². The van der Waals surface area contributed by atoms with E-state index in [-0.39, 0.29) is 46.4 Å². The maximum absolute atomic E-state index is 15.3. The molecule has 1 atom stereocenters. The van der Waals surface area contributed by atoms with E-state index in [1.54, 1.807) is 13.0 Å². The smallest absolute Gasteiger partial charge is 0.481 e. The Hall–Kier alpha value is -4.25. The number of carbonyl (C=O) groups is 1. The Morgan fingerprint density at radius 2 is 1.85 bits per heavy atom. The van der Waals surface area contributed by atoms with E-state index in [0.717, 1.165) is 30.0 Å². The molecular weight excluding hydrogens is 542 g/mol. The van der Waals surface area contributed by atoms with Crippen LogP contribution in [0.1, 0.15) is 42.0 Å². The van der Waals surface area contributed by atoms with Gasteiger partial charge in [0.2, 0.25) is 5.82 Å². The van der Waals surface area contributed by atoms with Gasteiger partial charge in [-0.05, 0) is 79.1 Å². The van der Waals surface area contributed by atoms with Crippen LogP contribution in [0.2, 0.25) is 0 Å². The lowest BCUT2D eigenvalue weighted by Gasteiger charge is -2.35. The van der Waals surface area contributed by atoms with Crippen LogP contribution in [0.5, 0.6) is 5.75 Å². The van der Waals surface area contributed by atoms with Gasteiger partial charge in [0, 0.05) is 23.2 Å². The highest BCUT2D eigenvalue weighted by Gasteiger charge is 2.37. The summed E-state index contributed by atoms with van der Waals surface area (Å²) in [5.74, 6) is -1.94. The van der Waals surface area contributed by atoms with Crippen LogP contribution in [0.25, 0.3) is 34.0 Å². The van der Waals surface area contributed by atoms with E-state index in [0.29, 0.717) is 24.0 Å². The standard InChI is InChI=1S/C30H25F4N3O4/c1-15-10-23(24(31)14-22(15)21-4-2-3-5-26(21)40-30(32,33)34)28-36-27(37-41-28)17-6-8-20-16(11-17)7-9-25(20)35-19-12-18(13-19)29(38)39/h2-6,8,10-11,14,18-19,25,35H,7,9,12-13H2,1H3,(H,38,39)/t18-,19-,25?. The molecule has 0 aliphatic heterocycles. The molecular formula is C30H25F4N3O4. The van der Waals surface area contributed by atoms with Crippen molar-refractivity contribution >= 4 is 5.97 Å². The maximum atomic E-state index is 15.3. The lowest BCUT2D eigenvalue weighted by Crippen LogP contribution is -2.45. The van der Waals surface area contributed by atoms with Crippen LogP contribution in [0.4, 0.5) is 17.6 Å². The van der Waals surface area contributed by atoms with Gasteiger partial charge in [-0.25, -0.2) is 4.39 Å². The average molecular weight is 568 g/mol. The van der Waals surface area contributed by atoms with Crippen LogP contribution in [-0.4, -0.2) is 33.6 Å². The fourth-order valence-corrected chi connectivity index (χ4v) is 5.66. The zero-order valence-corrected chi connectivity index (χ0v) is 21.8. The van der Waals surface area contributed by atoms with Crippen LogP contribution in [0.15, 0.2) is 59.1 Å². The Morgan fingerprint density at radius 1 is 1.07 bits per heavy atom. The third kappa shape index (κ3) is 5.41. The van der Waals surface area contributed by atoms with E-state index in [4.69, 9.17) is 9.63 Å². The number of rotatable bonds is 7. The Kier molecular flexibility index (Phi) is 6.77. The highest BCUT2D eigenvalue weighted by molar-refractivity contribution is 5.76. The number of para-hydroxylation sites is 1. The molecule has 212 valence electrons. The second kappa shape index (κ2) is 10.3. The first kappa shape index (κ1) is 26.9. The molecule has 0 spiro atoms. The Morgan fingerprint density at radius 3 is 2.61 bits per heavy atom. The zero-order chi connectivity index (χ0) is 28.9. The second-order valence-electron chi connectivity index (χ2n) is 10.5. The lowest BCUT2D eigenvalue weighted by molar-refractivity contribution is -0.274. The molecule has 11 heteroatoms. The van der Waals surface area contributed by atoms with Gasteiger partial charge in [0.15, 0.2) is 0 Å². The number of alkyl halides is 3. The molecule has 0 saturated heterocycles. The minimum atomic E-state index is -4.89. The van der Waals surface area contributed by atoms with Crippen molar-refractivity contribution in [1.82, 2.24) is 15.5 Å². The third-order valence-electron chi connectivity index (χ3n) is 7.78. The first-order valence-corrected chi connectivity index (χ1v) is 13.2. The van der Waals surface area contributed by atoms with Crippen molar-refractivity contribution in [1.29, 1.82) is 0 Å². The number of halogens is 4. The first-order chi connectivity index (χ1) is 19.6. The van der Waals surface area contributed by atoms with Gasteiger partial charge >= 0.3 is 12.3 Å². The monoisotopic (exact) mass is 567 g/mol. The molecule has 1 aromatic heterocycles. The van der Waals surface area contributed by atoms with E-state index < -0.39 is 23.9 Å². The maximum Gasteiger partial charge on any atom is 0.573 e. The summed E-state index contributed by atoms with van der Waals surface area (Å²) < 4.78 is 63.5. The minimum Gasteiger partial charge on any atom is -0.481 e. The van der Waals surface area contributed by atoms with E-state index in [1.807, 2.05) is 18.2 Å². The second-order valence-corrected chi connectivity index (χ2v) is 10.5. The van der Waals surface area contributed by atoms with Gasteiger partial charge < -0.3 is 19.7 Å². The van der Waals surface area contributed by atoms with E-state index in [9.17, 15) is 18.0 Å². The van der Waals surface area contributed by atoms with Crippen LogP contribution < -0.4 is 10.1 Å². The van der Waals surface area contributed by atoms with Crippen molar-refractivity contribution in [2.75, 3.05) is 0 Å². The SMILES string of the molecule is Cc1cc(-c2nc(-c3ccc4c(c3)CCC4N[C@H]3C[C@H](C(=O)O)C3)no2)c(F)cc1-c1ccccc1OC(F)(F)F. The van der Waals surface area contributed by atoms with Gasteiger partial charge in [0.1, 0.15) is 11.6 Å². The lowest BCUT2D eigenvalue weighted by atomic mass is 9.80. The molecule has 0 bridgehead atoms. The summed E-state index contributed by atoms with van der Waals surface area (Å²) in [4.78, 5) is 15.5. The Labute approximate surface area is 232 Å². The molecule has 3 aromatic carbocycles. The highest BCUT2D eigenvalue weighted by Crippen LogP contribution is 2.39. The number of carboxylic acid groups (broad SMARTS) is 1. The molecule has 2 N–H and O–H groups in total. The molecule has 1 unspecified atom stereocenters. The summed E-state index contributed by atoms with van der Waals surface area (Å²) in [5, 5.41) is 16.7. The number of aliphatic carboxylic acids is 1. The number of hydrogen-bond acceptors (Lipinski definition) is 6. The molecule has 1 fully saturated rings. The molecule has 1 heterocycles. The molecule has 1 saturated carbocycles. The summed E-state index contributed by atoms with van der Waals surface area (Å²) in [7, 11) is 0. The summed E-state index contributed by atoms with van der Waals surface area (Å²) in [5.41, 5.74) is 3.87. The average Bonchev–Trinajstić information content (AvgIpc) is 3.53. The highest BCUT2D eigenvalue weighted by atomic mass is 19.4. The molecule has 41 heavy (non-hydrogen) atoms. The topological polar surface area (TPSA) is 97.5 Å². The van der Waals surface area contributed by atoms with Gasteiger partial charge in [-0.15, -0.1) is 13.2 Å². The van der Waals surface area contributed by atoms with Gasteiger partial charge in [0.25, 0.3) is 5.89 Å². The van der Waals surface area contributed by atoms with E-state index in [2.05, 4.69) is 20.2 Å². The number of aryl methyl sites for hydroxylation is 2. The quantitative estimate of drug-likeness (QED) is 0.236. The number of fused-ring (bicyclic) bond motifs is 1. The first-order valence-electron chi connectivity index (χ1n) is 13.2. The van der Waals surface area contributed by atoms with E-state index in [1.165, 1.54) is 24.3 Å². The largest absolute Gasteiger partial charge is 0.573 e. The minimum absolute atomic E-state index is 0.0322. The molecule has 7 nitrogen and oxygen atoms in total. The van der Waals surface area contributed by atoms with Crippen molar-refractivity contribution in [3.8, 4) is 39.7 Å². The fraction of sp³-hybridized carbons (Fsp3) is 0.300. The summed E-state index contributed by atoms with van der Waals surface area (Å²) >= 11 is 0. The third-order valence-corrected chi connectivity index (χ3v) is 7.78. The van der Waals surface area contributed by atoms with Crippen LogP contribution in [-0.2, 0) is 11.2 Å². The molecule has 2 aliphatic carbocycles. The van der Waals surface area contributed by atoms with Crippen molar-refractivity contribution in [2.24, 2.45) is 5.92 Å². The molecule has 0 amide bonds. The number of carboxylic acids is 1.